The molecule has 0 aromatic heterocycles. The summed E-state index contributed by atoms with van der Waals surface area (Å²) in [6, 6.07) is 0. The molecule has 0 aliphatic carbocycles. The lowest BCUT2D eigenvalue weighted by Crippen LogP contribution is -2.54. The Bertz CT molecular complexity index is 259. The number of alkyl halides is 7. The summed E-state index contributed by atoms with van der Waals surface area (Å²) in [6.07, 6.45) is -6.31. The van der Waals surface area contributed by atoms with Gasteiger partial charge in [0.1, 0.15) is 6.61 Å². The van der Waals surface area contributed by atoms with Gasteiger partial charge in [-0.1, -0.05) is 0 Å². The van der Waals surface area contributed by atoms with Crippen LogP contribution in [0.15, 0.2) is 0 Å². The lowest BCUT2D eigenvalue weighted by molar-refractivity contribution is -0.362. The van der Waals surface area contributed by atoms with Gasteiger partial charge in [-0.3, -0.25) is 0 Å². The highest BCUT2D eigenvalue weighted by atomic mass is 19.4. The van der Waals surface area contributed by atoms with E-state index < -0.39 is 24.6 Å². The highest BCUT2D eigenvalue weighted by Crippen LogP contribution is 2.46. The zero-order chi connectivity index (χ0) is 13.3. The molecule has 1 fully saturated rings. The van der Waals surface area contributed by atoms with E-state index in [1.807, 2.05) is 0 Å². The molecule has 2 nitrogen and oxygen atoms in total. The minimum atomic E-state index is -6.31. The topological polar surface area (TPSA) is 18.5 Å². The summed E-state index contributed by atoms with van der Waals surface area (Å²) < 4.78 is 93.9. The van der Waals surface area contributed by atoms with Crippen molar-refractivity contribution in [3.8, 4) is 0 Å². The molecule has 0 spiro atoms. The Kier molecular flexibility index (Phi) is 3.92. The van der Waals surface area contributed by atoms with Crippen LogP contribution < -0.4 is 0 Å². The molecule has 0 bridgehead atoms. The second kappa shape index (κ2) is 4.60. The fraction of sp³-hybridized carbons (Fsp3) is 1.00. The molecule has 1 heterocycles. The van der Waals surface area contributed by atoms with E-state index in [0.29, 0.717) is 0 Å². The van der Waals surface area contributed by atoms with E-state index in [-0.39, 0.29) is 25.7 Å². The van der Waals surface area contributed by atoms with Crippen LogP contribution in [0.1, 0.15) is 0 Å². The molecule has 0 amide bonds. The average Bonchev–Trinajstić information content (AvgIpc) is 2.07. The van der Waals surface area contributed by atoms with Crippen LogP contribution in [0.5, 0.6) is 0 Å². The summed E-state index contributed by atoms with van der Waals surface area (Å²) in [4.78, 5) is 0. The Hall–Kier alpha value is -0.570. The second-order valence-electron chi connectivity index (χ2n) is 3.70. The van der Waals surface area contributed by atoms with Crippen LogP contribution in [-0.4, -0.2) is 44.4 Å². The summed E-state index contributed by atoms with van der Waals surface area (Å²) in [5, 5.41) is 0. The van der Waals surface area contributed by atoms with E-state index in [1.165, 1.54) is 0 Å². The van der Waals surface area contributed by atoms with Gasteiger partial charge in [-0.15, -0.1) is 0 Å². The minimum Gasteiger partial charge on any atom is -0.381 e. The third-order valence-corrected chi connectivity index (χ3v) is 2.16. The van der Waals surface area contributed by atoms with Gasteiger partial charge in [0.15, 0.2) is 0 Å². The van der Waals surface area contributed by atoms with Crippen molar-refractivity contribution in [3.63, 3.8) is 0 Å². The van der Waals surface area contributed by atoms with Crippen molar-refractivity contribution in [2.75, 3.05) is 26.4 Å². The first-order valence-electron chi connectivity index (χ1n) is 4.56. The maximum Gasteiger partial charge on any atom is 0.459 e. The SMILES string of the molecule is FC(F)(F)C(F)(F)C(F)(F)COCC1COC1. The van der Waals surface area contributed by atoms with Crippen LogP contribution in [-0.2, 0) is 9.47 Å². The lowest BCUT2D eigenvalue weighted by atomic mass is 10.1. The first-order chi connectivity index (χ1) is 7.58. The normalized spacial score (nSPS) is 19.2. The van der Waals surface area contributed by atoms with Crippen LogP contribution in [0.4, 0.5) is 30.7 Å². The van der Waals surface area contributed by atoms with Crippen LogP contribution >= 0.6 is 0 Å². The molecule has 0 aromatic rings. The van der Waals surface area contributed by atoms with Crippen molar-refractivity contribution in [2.45, 2.75) is 18.0 Å². The molecule has 9 heteroatoms. The molecule has 0 atom stereocenters. The molecule has 1 saturated heterocycles. The van der Waals surface area contributed by atoms with Crippen molar-refractivity contribution >= 4 is 0 Å². The van der Waals surface area contributed by atoms with Gasteiger partial charge in [-0.2, -0.15) is 30.7 Å². The van der Waals surface area contributed by atoms with Crippen LogP contribution in [0.2, 0.25) is 0 Å². The highest BCUT2D eigenvalue weighted by molar-refractivity contribution is 4.91. The summed E-state index contributed by atoms with van der Waals surface area (Å²) in [5.74, 6) is -11.6. The van der Waals surface area contributed by atoms with Gasteiger partial charge >= 0.3 is 18.0 Å². The van der Waals surface area contributed by atoms with Gasteiger partial charge in [-0.25, -0.2) is 0 Å². The molecule has 0 aromatic carbocycles. The Balaban J connectivity index is 2.48. The molecule has 1 aliphatic rings. The number of ether oxygens (including phenoxy) is 2. The monoisotopic (exact) mass is 270 g/mol. The molecule has 1 aliphatic heterocycles. The Labute approximate surface area is 91.7 Å². The molecule has 1 rings (SSSR count). The Morgan fingerprint density at radius 3 is 1.88 bits per heavy atom. The van der Waals surface area contributed by atoms with Gasteiger partial charge in [0.2, 0.25) is 0 Å². The molecule has 0 radical (unpaired) electrons. The van der Waals surface area contributed by atoms with Crippen LogP contribution in [0.3, 0.4) is 0 Å². The second-order valence-corrected chi connectivity index (χ2v) is 3.70. The van der Waals surface area contributed by atoms with Crippen molar-refractivity contribution in [3.05, 3.63) is 0 Å². The predicted molar refractivity (Wildman–Crippen MR) is 41.1 cm³/mol. The molecule has 0 saturated carbocycles. The first kappa shape index (κ1) is 14.5. The number of hydrogen-bond donors (Lipinski definition) is 0. The zero-order valence-corrected chi connectivity index (χ0v) is 8.37. The van der Waals surface area contributed by atoms with Gasteiger partial charge in [0.05, 0.1) is 19.8 Å². The number of hydrogen-bond acceptors (Lipinski definition) is 2. The molecule has 0 N–H and O–H groups in total. The fourth-order valence-corrected chi connectivity index (χ4v) is 1.03. The third kappa shape index (κ3) is 3.01. The summed E-state index contributed by atoms with van der Waals surface area (Å²) >= 11 is 0. The molecule has 17 heavy (non-hydrogen) atoms. The average molecular weight is 270 g/mol. The van der Waals surface area contributed by atoms with E-state index in [2.05, 4.69) is 9.47 Å². The number of halogens is 7. The van der Waals surface area contributed by atoms with E-state index >= 15 is 0 Å². The summed E-state index contributed by atoms with van der Waals surface area (Å²) in [6.45, 7) is -1.86. The summed E-state index contributed by atoms with van der Waals surface area (Å²) in [5.41, 5.74) is 0. The highest BCUT2D eigenvalue weighted by Gasteiger charge is 2.72. The van der Waals surface area contributed by atoms with Gasteiger partial charge < -0.3 is 9.47 Å². The maximum atomic E-state index is 12.6. The van der Waals surface area contributed by atoms with Gasteiger partial charge in [0, 0.05) is 5.92 Å². The largest absolute Gasteiger partial charge is 0.459 e. The molecular weight excluding hydrogens is 261 g/mol. The van der Waals surface area contributed by atoms with Gasteiger partial charge in [-0.05, 0) is 0 Å². The van der Waals surface area contributed by atoms with Gasteiger partial charge in [0.25, 0.3) is 0 Å². The molecular formula is C8H9F7O2. The lowest BCUT2D eigenvalue weighted by Gasteiger charge is -2.30. The summed E-state index contributed by atoms with van der Waals surface area (Å²) in [7, 11) is 0. The smallest absolute Gasteiger partial charge is 0.381 e. The number of rotatable bonds is 5. The standard InChI is InChI=1S/C8H9F7O2/c9-6(10,7(11,12)8(13,14)15)4-17-3-5-1-16-2-5/h5H,1-4H2. The third-order valence-electron chi connectivity index (χ3n) is 2.16. The van der Waals surface area contributed by atoms with Crippen LogP contribution in [0.25, 0.3) is 0 Å². The van der Waals surface area contributed by atoms with Crippen molar-refractivity contribution in [2.24, 2.45) is 5.92 Å². The van der Waals surface area contributed by atoms with E-state index in [1.54, 1.807) is 0 Å². The van der Waals surface area contributed by atoms with Crippen molar-refractivity contribution in [1.29, 1.82) is 0 Å². The van der Waals surface area contributed by atoms with Crippen molar-refractivity contribution in [1.82, 2.24) is 0 Å². The predicted octanol–water partition coefficient (Wildman–Crippen LogP) is 2.48. The zero-order valence-electron chi connectivity index (χ0n) is 8.37. The maximum absolute atomic E-state index is 12.6. The molecule has 102 valence electrons. The van der Waals surface area contributed by atoms with Crippen LogP contribution in [0, 0.1) is 5.92 Å². The minimum absolute atomic E-state index is 0.223. The molecule has 0 unspecified atom stereocenters. The van der Waals surface area contributed by atoms with E-state index in [0.717, 1.165) is 0 Å². The fourth-order valence-electron chi connectivity index (χ4n) is 1.03. The Morgan fingerprint density at radius 2 is 1.53 bits per heavy atom. The van der Waals surface area contributed by atoms with Crippen molar-refractivity contribution < 1.29 is 40.2 Å². The Morgan fingerprint density at radius 1 is 1.00 bits per heavy atom. The van der Waals surface area contributed by atoms with E-state index in [4.69, 9.17) is 0 Å². The first-order valence-corrected chi connectivity index (χ1v) is 4.56. The quantitative estimate of drug-likeness (QED) is 0.714. The van der Waals surface area contributed by atoms with E-state index in [9.17, 15) is 30.7 Å².